The molecule has 0 aromatic heterocycles. The highest BCUT2D eigenvalue weighted by molar-refractivity contribution is 7.98. The largest absolute Gasteiger partial charge is 0.395 e. The summed E-state index contributed by atoms with van der Waals surface area (Å²) in [7, 11) is 0. The van der Waals surface area contributed by atoms with Crippen molar-refractivity contribution < 1.29 is 5.11 Å². The van der Waals surface area contributed by atoms with Gasteiger partial charge in [0.15, 0.2) is 0 Å². The quantitative estimate of drug-likeness (QED) is 0.661. The fraction of sp³-hybridized carbons (Fsp3) is 1.00. The Morgan fingerprint density at radius 2 is 2.08 bits per heavy atom. The van der Waals surface area contributed by atoms with Crippen LogP contribution in [0.2, 0.25) is 0 Å². The number of rotatable bonds is 4. The van der Waals surface area contributed by atoms with Crippen LogP contribution in [0.5, 0.6) is 0 Å². The van der Waals surface area contributed by atoms with Crippen LogP contribution in [0.25, 0.3) is 0 Å². The van der Waals surface area contributed by atoms with Gasteiger partial charge in [-0.25, -0.2) is 0 Å². The summed E-state index contributed by atoms with van der Waals surface area (Å²) in [5.74, 6) is 0.727. The molecule has 1 rings (SSSR count). The molecule has 1 atom stereocenters. The Hall–Kier alpha value is 0.270. The summed E-state index contributed by atoms with van der Waals surface area (Å²) >= 11 is 1.72. The van der Waals surface area contributed by atoms with E-state index >= 15 is 0 Å². The fourth-order valence-corrected chi connectivity index (χ4v) is 1.81. The molecule has 3 heteroatoms. The summed E-state index contributed by atoms with van der Waals surface area (Å²) in [4.78, 5) is 0. The maximum atomic E-state index is 9.06. The molecule has 1 aliphatic carbocycles. The van der Waals surface area contributed by atoms with E-state index in [0.29, 0.717) is 6.04 Å². The zero-order valence-electron chi connectivity index (χ0n) is 8.13. The van der Waals surface area contributed by atoms with E-state index in [4.69, 9.17) is 5.11 Å². The summed E-state index contributed by atoms with van der Waals surface area (Å²) < 4.78 is 3.58. The molecule has 0 aromatic carbocycles. The summed E-state index contributed by atoms with van der Waals surface area (Å²) in [6.07, 6.45) is 2.56. The summed E-state index contributed by atoms with van der Waals surface area (Å²) in [5, 5.41) is 9.06. The van der Waals surface area contributed by atoms with Crippen LogP contribution in [0, 0.1) is 5.92 Å². The standard InChI is InChI=1S/C9H19NOS/c1-9(2,3)12-10-8(6-11)7-4-5-7/h7-8,10-11H,4-6H2,1-3H3. The molecule has 12 heavy (non-hydrogen) atoms. The SMILES string of the molecule is CC(C)(C)SNC(CO)C1CC1. The predicted octanol–water partition coefficient (Wildman–Crippen LogP) is 1.79. The Bertz CT molecular complexity index is 140. The Kier molecular flexibility index (Phi) is 3.44. The van der Waals surface area contributed by atoms with Crippen LogP contribution in [-0.2, 0) is 0 Å². The van der Waals surface area contributed by atoms with Gasteiger partial charge in [0.2, 0.25) is 0 Å². The molecule has 2 nitrogen and oxygen atoms in total. The molecule has 72 valence electrons. The van der Waals surface area contributed by atoms with Gasteiger partial charge < -0.3 is 5.11 Å². The summed E-state index contributed by atoms with van der Waals surface area (Å²) in [6, 6.07) is 0.314. The average Bonchev–Trinajstić information content (AvgIpc) is 2.70. The number of nitrogens with one attached hydrogen (secondary N) is 1. The van der Waals surface area contributed by atoms with Gasteiger partial charge in [-0.2, -0.15) is 0 Å². The third kappa shape index (κ3) is 3.78. The monoisotopic (exact) mass is 189 g/mol. The lowest BCUT2D eigenvalue weighted by atomic mass is 10.2. The minimum Gasteiger partial charge on any atom is -0.395 e. The molecule has 0 saturated heterocycles. The van der Waals surface area contributed by atoms with Crippen molar-refractivity contribution in [1.29, 1.82) is 0 Å². The molecular weight excluding hydrogens is 170 g/mol. The molecule has 1 aliphatic rings. The van der Waals surface area contributed by atoms with E-state index < -0.39 is 0 Å². The van der Waals surface area contributed by atoms with Gasteiger partial charge in [0.25, 0.3) is 0 Å². The zero-order chi connectivity index (χ0) is 9.19. The molecule has 0 aromatic rings. The van der Waals surface area contributed by atoms with Gasteiger partial charge in [-0.1, -0.05) is 11.9 Å². The Balaban J connectivity index is 2.19. The van der Waals surface area contributed by atoms with E-state index in [1.54, 1.807) is 11.9 Å². The van der Waals surface area contributed by atoms with E-state index in [-0.39, 0.29) is 11.4 Å². The first-order valence-corrected chi connectivity index (χ1v) is 5.39. The molecule has 1 saturated carbocycles. The highest BCUT2D eigenvalue weighted by Crippen LogP contribution is 2.34. The summed E-state index contributed by atoms with van der Waals surface area (Å²) in [6.45, 7) is 6.79. The normalized spacial score (nSPS) is 21.0. The Morgan fingerprint density at radius 3 is 2.42 bits per heavy atom. The molecule has 0 radical (unpaired) electrons. The number of aliphatic hydroxyl groups is 1. The predicted molar refractivity (Wildman–Crippen MR) is 54.1 cm³/mol. The second-order valence-corrected chi connectivity index (χ2v) is 6.12. The van der Waals surface area contributed by atoms with Crippen LogP contribution in [0.3, 0.4) is 0 Å². The fourth-order valence-electron chi connectivity index (χ4n) is 1.03. The van der Waals surface area contributed by atoms with Gasteiger partial charge in [-0.05, 0) is 39.5 Å². The van der Waals surface area contributed by atoms with Gasteiger partial charge in [0.05, 0.1) is 6.61 Å². The molecule has 2 N–H and O–H groups in total. The topological polar surface area (TPSA) is 32.3 Å². The van der Waals surface area contributed by atoms with Crippen molar-refractivity contribution in [3.8, 4) is 0 Å². The minimum absolute atomic E-state index is 0.238. The van der Waals surface area contributed by atoms with Crippen LogP contribution in [-0.4, -0.2) is 22.5 Å². The lowest BCUT2D eigenvalue weighted by molar-refractivity contribution is 0.246. The van der Waals surface area contributed by atoms with Gasteiger partial charge in [-0.15, -0.1) is 0 Å². The molecule has 1 fully saturated rings. The summed E-state index contributed by atoms with van der Waals surface area (Å²) in [5.41, 5.74) is 0. The van der Waals surface area contributed by atoms with Crippen molar-refractivity contribution in [2.24, 2.45) is 5.92 Å². The van der Waals surface area contributed by atoms with Crippen molar-refractivity contribution in [1.82, 2.24) is 4.72 Å². The van der Waals surface area contributed by atoms with Crippen LogP contribution in [0.15, 0.2) is 0 Å². The van der Waals surface area contributed by atoms with Crippen molar-refractivity contribution in [3.05, 3.63) is 0 Å². The number of hydrogen-bond acceptors (Lipinski definition) is 3. The first-order chi connectivity index (χ1) is 5.53. The highest BCUT2D eigenvalue weighted by Gasteiger charge is 2.31. The molecule has 0 bridgehead atoms. The first-order valence-electron chi connectivity index (χ1n) is 4.57. The van der Waals surface area contributed by atoms with Crippen LogP contribution < -0.4 is 4.72 Å². The van der Waals surface area contributed by atoms with Crippen molar-refractivity contribution in [2.45, 2.75) is 44.4 Å². The molecule has 1 unspecified atom stereocenters. The third-order valence-electron chi connectivity index (χ3n) is 1.90. The highest BCUT2D eigenvalue weighted by atomic mass is 32.2. The van der Waals surface area contributed by atoms with E-state index in [9.17, 15) is 0 Å². The molecule has 0 aliphatic heterocycles. The van der Waals surface area contributed by atoms with Crippen LogP contribution in [0.4, 0.5) is 0 Å². The van der Waals surface area contributed by atoms with Crippen molar-refractivity contribution >= 4 is 11.9 Å². The second kappa shape index (κ2) is 3.99. The zero-order valence-corrected chi connectivity index (χ0v) is 8.95. The Morgan fingerprint density at radius 1 is 1.50 bits per heavy atom. The van der Waals surface area contributed by atoms with E-state index in [1.165, 1.54) is 12.8 Å². The molecular formula is C9H19NOS. The van der Waals surface area contributed by atoms with E-state index in [1.807, 2.05) is 0 Å². The number of aliphatic hydroxyl groups excluding tert-OH is 1. The average molecular weight is 189 g/mol. The van der Waals surface area contributed by atoms with E-state index in [2.05, 4.69) is 25.5 Å². The van der Waals surface area contributed by atoms with Gasteiger partial charge in [0.1, 0.15) is 0 Å². The molecule has 0 amide bonds. The maximum absolute atomic E-state index is 9.06. The van der Waals surface area contributed by atoms with Crippen molar-refractivity contribution in [3.63, 3.8) is 0 Å². The molecule has 0 spiro atoms. The first kappa shape index (κ1) is 10.4. The van der Waals surface area contributed by atoms with Gasteiger partial charge >= 0.3 is 0 Å². The van der Waals surface area contributed by atoms with Gasteiger partial charge in [0, 0.05) is 10.8 Å². The van der Waals surface area contributed by atoms with Crippen LogP contribution in [0.1, 0.15) is 33.6 Å². The third-order valence-corrected chi connectivity index (χ3v) is 2.94. The maximum Gasteiger partial charge on any atom is 0.0596 e. The minimum atomic E-state index is 0.238. The second-order valence-electron chi connectivity index (χ2n) is 4.46. The lowest BCUT2D eigenvalue weighted by Crippen LogP contribution is -2.32. The number of hydrogen-bond donors (Lipinski definition) is 2. The lowest BCUT2D eigenvalue weighted by Gasteiger charge is -2.22. The Labute approximate surface area is 79.3 Å². The van der Waals surface area contributed by atoms with Gasteiger partial charge in [-0.3, -0.25) is 4.72 Å². The molecule has 0 heterocycles. The van der Waals surface area contributed by atoms with Crippen LogP contribution >= 0.6 is 11.9 Å². The van der Waals surface area contributed by atoms with E-state index in [0.717, 1.165) is 5.92 Å². The van der Waals surface area contributed by atoms with Crippen molar-refractivity contribution in [2.75, 3.05) is 6.61 Å². The smallest absolute Gasteiger partial charge is 0.0596 e.